The highest BCUT2D eigenvalue weighted by Gasteiger charge is 2.50. The van der Waals surface area contributed by atoms with Crippen molar-refractivity contribution in [1.82, 2.24) is 0 Å². The molecule has 1 aliphatic rings. The smallest absolute Gasteiger partial charge is 0.265 e. The number of hydrogen-bond acceptors (Lipinski definition) is 4. The molecule has 0 saturated carbocycles. The predicted molar refractivity (Wildman–Crippen MR) is 84.8 cm³/mol. The number of anilines is 1. The number of thiophene rings is 1. The van der Waals surface area contributed by atoms with Crippen molar-refractivity contribution < 1.29 is 14.7 Å². The fourth-order valence-corrected chi connectivity index (χ4v) is 3.35. The molecule has 0 bridgehead atoms. The van der Waals surface area contributed by atoms with Crippen LogP contribution in [-0.2, 0) is 10.4 Å². The molecule has 3 rings (SSSR count). The van der Waals surface area contributed by atoms with E-state index in [1.54, 1.807) is 41.8 Å². The highest BCUT2D eigenvalue weighted by Crippen LogP contribution is 2.42. The van der Waals surface area contributed by atoms with E-state index in [0.717, 1.165) is 0 Å². The summed E-state index contributed by atoms with van der Waals surface area (Å²) in [6, 6.07) is 10.3. The fraction of sp³-hybridized carbons (Fsp3) is 0.176. The summed E-state index contributed by atoms with van der Waals surface area (Å²) in [5.74, 6) is 1.60. The lowest BCUT2D eigenvalue weighted by Gasteiger charge is -2.21. The number of carbonyl (C=O) groups excluding carboxylic acids is 2. The molecule has 0 fully saturated rings. The summed E-state index contributed by atoms with van der Waals surface area (Å²) in [5, 5.41) is 12.7. The maximum Gasteiger partial charge on any atom is 0.265 e. The van der Waals surface area contributed by atoms with Crippen molar-refractivity contribution in [3.8, 4) is 12.3 Å². The number of terminal acetylenes is 1. The van der Waals surface area contributed by atoms with Crippen LogP contribution in [0.4, 0.5) is 5.69 Å². The second-order valence-electron chi connectivity index (χ2n) is 5.05. The van der Waals surface area contributed by atoms with Crippen LogP contribution in [0.15, 0.2) is 41.8 Å². The molecular formula is C17H13NO3S. The first kappa shape index (κ1) is 14.5. The van der Waals surface area contributed by atoms with Crippen LogP contribution in [0.25, 0.3) is 0 Å². The van der Waals surface area contributed by atoms with Crippen LogP contribution in [0.1, 0.15) is 21.7 Å². The number of rotatable bonds is 4. The number of Topliss-reactive ketones (excluding diaryl/α,β-unsaturated/α-hetero) is 1. The van der Waals surface area contributed by atoms with Crippen molar-refractivity contribution in [2.24, 2.45) is 0 Å². The van der Waals surface area contributed by atoms with Gasteiger partial charge in [-0.15, -0.1) is 17.8 Å². The van der Waals surface area contributed by atoms with E-state index in [2.05, 4.69) is 5.92 Å². The van der Waals surface area contributed by atoms with E-state index >= 15 is 0 Å². The molecule has 22 heavy (non-hydrogen) atoms. The average molecular weight is 311 g/mol. The van der Waals surface area contributed by atoms with Crippen molar-refractivity contribution in [3.05, 3.63) is 52.2 Å². The van der Waals surface area contributed by atoms with Crippen LogP contribution in [0.5, 0.6) is 0 Å². The largest absolute Gasteiger partial charge is 0.375 e. The van der Waals surface area contributed by atoms with Crippen LogP contribution in [0.3, 0.4) is 0 Å². The molecule has 1 N–H and O–H groups in total. The molecule has 110 valence electrons. The Morgan fingerprint density at radius 1 is 1.32 bits per heavy atom. The van der Waals surface area contributed by atoms with E-state index in [9.17, 15) is 14.7 Å². The number of para-hydroxylation sites is 1. The third kappa shape index (κ3) is 2.13. The zero-order valence-corrected chi connectivity index (χ0v) is 12.5. The third-order valence-corrected chi connectivity index (χ3v) is 4.61. The summed E-state index contributed by atoms with van der Waals surface area (Å²) in [7, 11) is 0. The maximum atomic E-state index is 12.6. The van der Waals surface area contributed by atoms with Gasteiger partial charge in [-0.05, 0) is 17.5 Å². The van der Waals surface area contributed by atoms with Gasteiger partial charge in [0.15, 0.2) is 11.4 Å². The summed E-state index contributed by atoms with van der Waals surface area (Å²) in [6.45, 7) is 0.0609. The minimum Gasteiger partial charge on any atom is -0.375 e. The molecule has 0 aliphatic carbocycles. The van der Waals surface area contributed by atoms with E-state index in [1.807, 2.05) is 0 Å². The summed E-state index contributed by atoms with van der Waals surface area (Å²) < 4.78 is 0. The Morgan fingerprint density at radius 3 is 2.77 bits per heavy atom. The SMILES string of the molecule is C#CCN1C(=O)[C@](O)(CC(=O)c2cccs2)c2ccccc21. The summed E-state index contributed by atoms with van der Waals surface area (Å²) in [5.41, 5.74) is -0.860. The topological polar surface area (TPSA) is 57.6 Å². The zero-order chi connectivity index (χ0) is 15.7. The first-order valence-electron chi connectivity index (χ1n) is 6.72. The van der Waals surface area contributed by atoms with Crippen molar-refractivity contribution in [1.29, 1.82) is 0 Å². The Hall–Kier alpha value is -2.42. The van der Waals surface area contributed by atoms with Gasteiger partial charge in [-0.1, -0.05) is 30.2 Å². The van der Waals surface area contributed by atoms with E-state index in [4.69, 9.17) is 6.42 Å². The Bertz CT molecular complexity index is 775. The quantitative estimate of drug-likeness (QED) is 0.695. The van der Waals surface area contributed by atoms with Crippen molar-refractivity contribution in [2.75, 3.05) is 11.4 Å². The minimum atomic E-state index is -1.85. The molecule has 0 radical (unpaired) electrons. The molecular weight excluding hydrogens is 298 g/mol. The number of carbonyl (C=O) groups is 2. The van der Waals surface area contributed by atoms with Gasteiger partial charge in [0.25, 0.3) is 5.91 Å². The number of aliphatic hydroxyl groups is 1. The van der Waals surface area contributed by atoms with Gasteiger partial charge in [0.1, 0.15) is 0 Å². The van der Waals surface area contributed by atoms with Gasteiger partial charge < -0.3 is 5.11 Å². The number of nitrogens with zero attached hydrogens (tertiary/aromatic N) is 1. The maximum absolute atomic E-state index is 12.6. The lowest BCUT2D eigenvalue weighted by Crippen LogP contribution is -2.41. The average Bonchev–Trinajstić information content (AvgIpc) is 3.11. The normalized spacial score (nSPS) is 19.8. The second kappa shape index (κ2) is 5.41. The van der Waals surface area contributed by atoms with Crippen LogP contribution in [0, 0.1) is 12.3 Å². The monoisotopic (exact) mass is 311 g/mol. The molecule has 2 heterocycles. The fourth-order valence-electron chi connectivity index (χ4n) is 2.68. The van der Waals surface area contributed by atoms with Crippen molar-refractivity contribution >= 4 is 28.7 Å². The van der Waals surface area contributed by atoms with Gasteiger partial charge in [-0.3, -0.25) is 14.5 Å². The Balaban J connectivity index is 2.00. The third-order valence-electron chi connectivity index (χ3n) is 3.70. The highest BCUT2D eigenvalue weighted by atomic mass is 32.1. The molecule has 5 heteroatoms. The number of fused-ring (bicyclic) bond motifs is 1. The number of benzene rings is 1. The Labute approximate surface area is 132 Å². The highest BCUT2D eigenvalue weighted by molar-refractivity contribution is 7.12. The van der Waals surface area contributed by atoms with E-state index in [0.29, 0.717) is 16.1 Å². The number of ketones is 1. The number of amides is 1. The van der Waals surface area contributed by atoms with Crippen LogP contribution >= 0.6 is 11.3 Å². The zero-order valence-electron chi connectivity index (χ0n) is 11.7. The summed E-state index contributed by atoms with van der Waals surface area (Å²) in [4.78, 5) is 26.8. The van der Waals surface area contributed by atoms with Gasteiger partial charge >= 0.3 is 0 Å². The van der Waals surface area contributed by atoms with Gasteiger partial charge in [0, 0.05) is 5.56 Å². The molecule has 4 nitrogen and oxygen atoms in total. The summed E-state index contributed by atoms with van der Waals surface area (Å²) >= 11 is 1.29. The lowest BCUT2D eigenvalue weighted by molar-refractivity contribution is -0.135. The van der Waals surface area contributed by atoms with Gasteiger partial charge in [0.2, 0.25) is 0 Å². The Kier molecular flexibility index (Phi) is 3.57. The van der Waals surface area contributed by atoms with Gasteiger partial charge in [-0.25, -0.2) is 0 Å². The molecule has 1 amide bonds. The molecule has 1 aliphatic heterocycles. The Morgan fingerprint density at radius 2 is 2.09 bits per heavy atom. The van der Waals surface area contributed by atoms with Crippen molar-refractivity contribution in [3.63, 3.8) is 0 Å². The first-order chi connectivity index (χ1) is 10.6. The number of hydrogen-bond donors (Lipinski definition) is 1. The summed E-state index contributed by atoms with van der Waals surface area (Å²) in [6.07, 6.45) is 5.02. The van der Waals surface area contributed by atoms with E-state index in [-0.39, 0.29) is 18.7 Å². The van der Waals surface area contributed by atoms with Crippen LogP contribution < -0.4 is 4.90 Å². The molecule has 0 spiro atoms. The molecule has 1 aromatic carbocycles. The van der Waals surface area contributed by atoms with Crippen LogP contribution in [0.2, 0.25) is 0 Å². The second-order valence-corrected chi connectivity index (χ2v) is 6.00. The standard InChI is InChI=1S/C17H13NO3S/c1-2-9-18-13-7-4-3-6-12(13)17(21,16(18)20)11-14(19)15-8-5-10-22-15/h1,3-8,10,21H,9,11H2/t17-/m0/s1. The van der Waals surface area contributed by atoms with E-state index < -0.39 is 11.5 Å². The predicted octanol–water partition coefficient (Wildman–Crippen LogP) is 2.19. The van der Waals surface area contributed by atoms with Crippen molar-refractivity contribution in [2.45, 2.75) is 12.0 Å². The van der Waals surface area contributed by atoms with Crippen LogP contribution in [-0.4, -0.2) is 23.3 Å². The first-order valence-corrected chi connectivity index (χ1v) is 7.60. The molecule has 0 unspecified atom stereocenters. The molecule has 2 aromatic rings. The molecule has 1 atom stereocenters. The van der Waals surface area contributed by atoms with Gasteiger partial charge in [0.05, 0.1) is 23.5 Å². The minimum absolute atomic E-state index is 0.0609. The molecule has 0 saturated heterocycles. The van der Waals surface area contributed by atoms with Gasteiger partial charge in [-0.2, -0.15) is 0 Å². The molecule has 1 aromatic heterocycles. The van der Waals surface area contributed by atoms with E-state index in [1.165, 1.54) is 16.2 Å². The lowest BCUT2D eigenvalue weighted by atomic mass is 9.89.